The Morgan fingerprint density at radius 2 is 1.76 bits per heavy atom. The van der Waals surface area contributed by atoms with E-state index >= 15 is 0 Å². The molecule has 0 saturated heterocycles. The maximum absolute atomic E-state index is 13.7. The van der Waals surface area contributed by atoms with Gasteiger partial charge in [0.05, 0.1) is 16.6 Å². The number of benzene rings is 2. The first-order valence-electron chi connectivity index (χ1n) is 5.90. The van der Waals surface area contributed by atoms with E-state index in [0.717, 1.165) is 24.3 Å². The summed E-state index contributed by atoms with van der Waals surface area (Å²) in [5.74, 6) is -2.10. The van der Waals surface area contributed by atoms with Crippen molar-refractivity contribution in [1.29, 1.82) is 0 Å². The van der Waals surface area contributed by atoms with Crippen LogP contribution in [0.4, 0.5) is 10.1 Å². The van der Waals surface area contributed by atoms with Crippen LogP contribution in [0.25, 0.3) is 0 Å². The van der Waals surface area contributed by atoms with Crippen molar-refractivity contribution in [1.82, 2.24) is 0 Å². The maximum Gasteiger partial charge on any atom is 0.261 e. The number of hydrogen-bond donors (Lipinski definition) is 1. The van der Waals surface area contributed by atoms with Crippen molar-refractivity contribution in [2.24, 2.45) is 0 Å². The summed E-state index contributed by atoms with van der Waals surface area (Å²) in [6.45, 7) is 1.68. The van der Waals surface area contributed by atoms with E-state index in [4.69, 9.17) is 0 Å². The molecule has 2 rings (SSSR count). The van der Waals surface area contributed by atoms with Crippen LogP contribution in [0.1, 0.15) is 15.9 Å². The van der Waals surface area contributed by atoms with Crippen molar-refractivity contribution in [2.45, 2.75) is 11.8 Å². The fourth-order valence-electron chi connectivity index (χ4n) is 1.68. The van der Waals surface area contributed by atoms with Crippen molar-refractivity contribution in [2.75, 3.05) is 4.72 Å². The fourth-order valence-corrected chi connectivity index (χ4v) is 2.74. The SMILES string of the molecule is Cc1ccc(NS(=O)(=O)c2ccc(C(=O)[O-])cc2)c(F)c1. The van der Waals surface area contributed by atoms with Crippen LogP contribution >= 0.6 is 0 Å². The number of rotatable bonds is 4. The van der Waals surface area contributed by atoms with E-state index in [9.17, 15) is 22.7 Å². The van der Waals surface area contributed by atoms with Crippen molar-refractivity contribution >= 4 is 21.7 Å². The average Bonchev–Trinajstić information content (AvgIpc) is 2.42. The first-order chi connectivity index (χ1) is 9.79. The molecule has 0 spiro atoms. The van der Waals surface area contributed by atoms with Crippen LogP contribution in [0, 0.1) is 12.7 Å². The Labute approximate surface area is 121 Å². The zero-order chi connectivity index (χ0) is 15.6. The molecule has 5 nitrogen and oxygen atoms in total. The average molecular weight is 308 g/mol. The molecular weight excluding hydrogens is 297 g/mol. The Balaban J connectivity index is 2.31. The van der Waals surface area contributed by atoms with Gasteiger partial charge in [0.25, 0.3) is 10.0 Å². The molecule has 0 unspecified atom stereocenters. The van der Waals surface area contributed by atoms with E-state index in [1.165, 1.54) is 12.1 Å². The lowest BCUT2D eigenvalue weighted by Gasteiger charge is -2.10. The lowest BCUT2D eigenvalue weighted by atomic mass is 10.2. The molecule has 0 aliphatic carbocycles. The Kier molecular flexibility index (Phi) is 3.95. The maximum atomic E-state index is 13.7. The van der Waals surface area contributed by atoms with Gasteiger partial charge in [-0.05, 0) is 42.3 Å². The van der Waals surface area contributed by atoms with Gasteiger partial charge < -0.3 is 9.90 Å². The predicted molar refractivity (Wildman–Crippen MR) is 72.7 cm³/mol. The Morgan fingerprint density at radius 1 is 1.14 bits per heavy atom. The second-order valence-electron chi connectivity index (χ2n) is 4.40. The van der Waals surface area contributed by atoms with Gasteiger partial charge in [-0.2, -0.15) is 0 Å². The van der Waals surface area contributed by atoms with Gasteiger partial charge in [-0.25, -0.2) is 12.8 Å². The number of carbonyl (C=O) groups excluding carboxylic acids is 1. The number of halogens is 1. The van der Waals surface area contributed by atoms with Crippen molar-refractivity contribution in [3.8, 4) is 0 Å². The molecule has 0 atom stereocenters. The summed E-state index contributed by atoms with van der Waals surface area (Å²) in [5, 5.41) is 10.6. The number of carboxylic acid groups (broad SMARTS) is 1. The highest BCUT2D eigenvalue weighted by molar-refractivity contribution is 7.92. The van der Waals surface area contributed by atoms with Gasteiger partial charge in [0.2, 0.25) is 0 Å². The monoisotopic (exact) mass is 308 g/mol. The van der Waals surface area contributed by atoms with Gasteiger partial charge in [0.1, 0.15) is 5.82 Å². The summed E-state index contributed by atoms with van der Waals surface area (Å²) in [6, 6.07) is 8.53. The topological polar surface area (TPSA) is 86.3 Å². The van der Waals surface area contributed by atoms with Gasteiger partial charge in [0.15, 0.2) is 0 Å². The number of carboxylic acids is 1. The second-order valence-corrected chi connectivity index (χ2v) is 6.08. The molecule has 0 radical (unpaired) electrons. The molecule has 0 bridgehead atoms. The second kappa shape index (κ2) is 5.53. The summed E-state index contributed by atoms with van der Waals surface area (Å²) >= 11 is 0. The van der Waals surface area contributed by atoms with Crippen LogP contribution in [0.3, 0.4) is 0 Å². The number of carbonyl (C=O) groups is 1. The van der Waals surface area contributed by atoms with Gasteiger partial charge in [-0.1, -0.05) is 18.2 Å². The number of aromatic carboxylic acids is 1. The number of hydrogen-bond acceptors (Lipinski definition) is 4. The third-order valence-electron chi connectivity index (χ3n) is 2.77. The quantitative estimate of drug-likeness (QED) is 0.922. The molecule has 1 N–H and O–H groups in total. The highest BCUT2D eigenvalue weighted by Gasteiger charge is 2.16. The smallest absolute Gasteiger partial charge is 0.261 e. The molecule has 2 aromatic rings. The van der Waals surface area contributed by atoms with E-state index in [1.54, 1.807) is 13.0 Å². The molecule has 21 heavy (non-hydrogen) atoms. The lowest BCUT2D eigenvalue weighted by molar-refractivity contribution is -0.255. The molecule has 110 valence electrons. The number of aryl methyl sites for hydroxylation is 1. The molecule has 0 saturated carbocycles. The predicted octanol–water partition coefficient (Wildman–Crippen LogP) is 1.30. The van der Waals surface area contributed by atoms with Crippen LogP contribution in [0.2, 0.25) is 0 Å². The minimum absolute atomic E-state index is 0.143. The number of anilines is 1. The van der Waals surface area contributed by atoms with E-state index in [-0.39, 0.29) is 16.1 Å². The molecule has 0 aliphatic rings. The minimum atomic E-state index is -3.99. The summed E-state index contributed by atoms with van der Waals surface area (Å²) in [7, 11) is -3.99. The standard InChI is InChI=1S/C14H12FNO4S/c1-9-2-7-13(12(15)8-9)16-21(19,20)11-5-3-10(4-6-11)14(17)18/h2-8,16H,1H3,(H,17,18)/p-1. The number of nitrogens with one attached hydrogen (secondary N) is 1. The normalized spacial score (nSPS) is 11.1. The molecule has 2 aromatic carbocycles. The Morgan fingerprint density at radius 3 is 2.29 bits per heavy atom. The van der Waals surface area contributed by atoms with E-state index in [2.05, 4.69) is 4.72 Å². The highest BCUT2D eigenvalue weighted by Crippen LogP contribution is 2.20. The van der Waals surface area contributed by atoms with Gasteiger partial charge in [-0.15, -0.1) is 0 Å². The molecule has 0 amide bonds. The van der Waals surface area contributed by atoms with E-state index in [1.807, 2.05) is 0 Å². The van der Waals surface area contributed by atoms with Crippen molar-refractivity contribution in [3.05, 3.63) is 59.4 Å². The minimum Gasteiger partial charge on any atom is -0.545 e. The Hall–Kier alpha value is -2.41. The summed E-state index contributed by atoms with van der Waals surface area (Å²) in [4.78, 5) is 10.4. The first-order valence-corrected chi connectivity index (χ1v) is 7.38. The van der Waals surface area contributed by atoms with Crippen LogP contribution in [-0.4, -0.2) is 14.4 Å². The highest BCUT2D eigenvalue weighted by atomic mass is 32.2. The molecular formula is C14H11FNO4S-. The molecule has 0 fully saturated rings. The Bertz CT molecular complexity index is 785. The van der Waals surface area contributed by atoms with E-state index < -0.39 is 21.8 Å². The largest absolute Gasteiger partial charge is 0.545 e. The third-order valence-corrected chi connectivity index (χ3v) is 4.15. The van der Waals surface area contributed by atoms with Crippen molar-refractivity contribution in [3.63, 3.8) is 0 Å². The van der Waals surface area contributed by atoms with Crippen LogP contribution in [-0.2, 0) is 10.0 Å². The zero-order valence-corrected chi connectivity index (χ0v) is 11.8. The lowest BCUT2D eigenvalue weighted by Crippen LogP contribution is -2.22. The summed E-state index contributed by atoms with van der Waals surface area (Å²) in [6.07, 6.45) is 0. The van der Waals surface area contributed by atoms with E-state index in [0.29, 0.717) is 5.56 Å². The van der Waals surface area contributed by atoms with Crippen LogP contribution < -0.4 is 9.83 Å². The molecule has 0 aromatic heterocycles. The molecule has 0 aliphatic heterocycles. The summed E-state index contributed by atoms with van der Waals surface area (Å²) < 4.78 is 39.9. The molecule has 7 heteroatoms. The fraction of sp³-hybridized carbons (Fsp3) is 0.0714. The van der Waals surface area contributed by atoms with Crippen molar-refractivity contribution < 1.29 is 22.7 Å². The first kappa shape index (κ1) is 15.0. The zero-order valence-electron chi connectivity index (χ0n) is 11.0. The summed E-state index contributed by atoms with van der Waals surface area (Å²) in [5.41, 5.74) is 0.341. The number of sulfonamides is 1. The van der Waals surface area contributed by atoms with Gasteiger partial charge in [-0.3, -0.25) is 4.72 Å². The van der Waals surface area contributed by atoms with Crippen LogP contribution in [0.15, 0.2) is 47.4 Å². The third kappa shape index (κ3) is 3.38. The molecule has 0 heterocycles. The van der Waals surface area contributed by atoms with Gasteiger partial charge in [0, 0.05) is 0 Å². The van der Waals surface area contributed by atoms with Gasteiger partial charge >= 0.3 is 0 Å². The van der Waals surface area contributed by atoms with Crippen LogP contribution in [0.5, 0.6) is 0 Å².